The minimum atomic E-state index is -4.67. The summed E-state index contributed by atoms with van der Waals surface area (Å²) in [7, 11) is 0. The molecule has 0 bridgehead atoms. The van der Waals surface area contributed by atoms with Crippen molar-refractivity contribution in [2.45, 2.75) is 57.2 Å². The number of aliphatic hydroxyl groups excluding tert-OH is 1. The highest BCUT2D eigenvalue weighted by Crippen LogP contribution is 2.30. The van der Waals surface area contributed by atoms with Crippen LogP contribution in [0.15, 0.2) is 66.7 Å². The van der Waals surface area contributed by atoms with Gasteiger partial charge in [0.05, 0.1) is 5.56 Å². The minimum Gasteiger partial charge on any atom is -0.457 e. The summed E-state index contributed by atoms with van der Waals surface area (Å²) in [5.41, 5.74) is 7.16. The number of esters is 1. The fourth-order valence-corrected chi connectivity index (χ4v) is 4.20. The van der Waals surface area contributed by atoms with Gasteiger partial charge in [-0.1, -0.05) is 43.3 Å². The summed E-state index contributed by atoms with van der Waals surface area (Å²) in [6.07, 6.45) is -7.83. The molecular formula is C30H31F5N2O4. The first kappa shape index (κ1) is 31.9. The third-order valence-electron chi connectivity index (χ3n) is 6.38. The SMILES string of the molecule is CCc1cccc(CNC[C@@H](OC(=O)C(O)CC(=O)c2cccc(C(F)(F)F)c2)[C@@H](N)Cc2cc(F)cc(F)c2)c1. The predicted octanol–water partition coefficient (Wildman–Crippen LogP) is 4.75. The number of nitrogens with two attached hydrogens (primary N) is 1. The van der Waals surface area contributed by atoms with Crippen LogP contribution in [0.1, 0.15) is 46.0 Å². The number of aryl methyl sites for hydroxylation is 1. The number of alkyl halides is 3. The van der Waals surface area contributed by atoms with E-state index in [4.69, 9.17) is 10.5 Å². The fraction of sp³-hybridized carbons (Fsp3) is 0.333. The third-order valence-corrected chi connectivity index (χ3v) is 6.38. The van der Waals surface area contributed by atoms with Crippen molar-refractivity contribution in [1.82, 2.24) is 5.32 Å². The second kappa shape index (κ2) is 14.3. The van der Waals surface area contributed by atoms with Gasteiger partial charge in [-0.25, -0.2) is 13.6 Å². The van der Waals surface area contributed by atoms with Gasteiger partial charge in [0, 0.05) is 37.2 Å². The van der Waals surface area contributed by atoms with Gasteiger partial charge < -0.3 is 20.9 Å². The summed E-state index contributed by atoms with van der Waals surface area (Å²) in [6.45, 7) is 2.38. The van der Waals surface area contributed by atoms with Crippen LogP contribution in [0.4, 0.5) is 22.0 Å². The number of halogens is 5. The fourth-order valence-electron chi connectivity index (χ4n) is 4.20. The lowest BCUT2D eigenvalue weighted by atomic mass is 10.0. The predicted molar refractivity (Wildman–Crippen MR) is 142 cm³/mol. The first-order chi connectivity index (χ1) is 19.3. The number of hydrogen-bond donors (Lipinski definition) is 3. The maximum atomic E-state index is 13.7. The highest BCUT2D eigenvalue weighted by Gasteiger charge is 2.32. The summed E-state index contributed by atoms with van der Waals surface area (Å²) in [5.74, 6) is -3.73. The standard InChI is InChI=1S/C30H31F5N2O4/c1-2-18-5-3-6-19(9-18)16-37-17-28(25(36)12-20-10-23(31)14-24(32)11-20)41-29(40)27(39)15-26(38)21-7-4-8-22(13-21)30(33,34)35/h3-11,13-14,25,27-28,37,39H,2,12,15-17,36H2,1H3/t25-,27?,28+/m0/s1. The molecule has 0 amide bonds. The van der Waals surface area contributed by atoms with E-state index in [2.05, 4.69) is 5.32 Å². The molecule has 0 fully saturated rings. The average molecular weight is 579 g/mol. The topological polar surface area (TPSA) is 102 Å². The molecule has 0 saturated heterocycles. The Morgan fingerprint density at radius 3 is 2.27 bits per heavy atom. The monoisotopic (exact) mass is 578 g/mol. The normalized spacial score (nSPS) is 13.9. The molecule has 0 aliphatic rings. The number of rotatable bonds is 13. The molecule has 0 aromatic heterocycles. The van der Waals surface area contributed by atoms with E-state index in [0.717, 1.165) is 47.9 Å². The molecule has 41 heavy (non-hydrogen) atoms. The van der Waals surface area contributed by atoms with E-state index in [1.807, 2.05) is 31.2 Å². The van der Waals surface area contributed by atoms with Crippen LogP contribution in [0.2, 0.25) is 0 Å². The maximum absolute atomic E-state index is 13.7. The van der Waals surface area contributed by atoms with Crippen molar-refractivity contribution in [3.63, 3.8) is 0 Å². The molecule has 3 atom stereocenters. The Labute approximate surface area is 234 Å². The number of carbonyl (C=O) groups is 2. The van der Waals surface area contributed by atoms with Gasteiger partial charge in [-0.05, 0) is 53.8 Å². The van der Waals surface area contributed by atoms with E-state index in [-0.39, 0.29) is 24.1 Å². The van der Waals surface area contributed by atoms with Crippen molar-refractivity contribution in [2.75, 3.05) is 6.54 Å². The van der Waals surface area contributed by atoms with Gasteiger partial charge in [0.2, 0.25) is 0 Å². The second-order valence-corrected chi connectivity index (χ2v) is 9.65. The molecular weight excluding hydrogens is 547 g/mol. The first-order valence-electron chi connectivity index (χ1n) is 12.9. The Morgan fingerprint density at radius 2 is 1.61 bits per heavy atom. The molecule has 3 rings (SSSR count). The summed E-state index contributed by atoms with van der Waals surface area (Å²) in [6, 6.07) is 13.3. The summed E-state index contributed by atoms with van der Waals surface area (Å²) in [5, 5.41) is 13.5. The zero-order valence-electron chi connectivity index (χ0n) is 22.3. The van der Waals surface area contributed by atoms with Gasteiger partial charge in [0.15, 0.2) is 11.9 Å². The Balaban J connectivity index is 1.69. The minimum absolute atomic E-state index is 0.00461. The summed E-state index contributed by atoms with van der Waals surface area (Å²) >= 11 is 0. The van der Waals surface area contributed by atoms with Crippen LogP contribution in [0.5, 0.6) is 0 Å². The lowest BCUT2D eigenvalue weighted by Crippen LogP contribution is -2.47. The van der Waals surface area contributed by atoms with Crippen LogP contribution in [0.3, 0.4) is 0 Å². The number of aliphatic hydroxyl groups is 1. The molecule has 3 aromatic rings. The van der Waals surface area contributed by atoms with Crippen LogP contribution >= 0.6 is 0 Å². The Morgan fingerprint density at radius 1 is 0.951 bits per heavy atom. The quantitative estimate of drug-likeness (QED) is 0.154. The molecule has 11 heteroatoms. The van der Waals surface area contributed by atoms with Gasteiger partial charge in [-0.3, -0.25) is 4.79 Å². The second-order valence-electron chi connectivity index (χ2n) is 9.65. The molecule has 220 valence electrons. The first-order valence-corrected chi connectivity index (χ1v) is 12.9. The molecule has 0 aliphatic carbocycles. The lowest BCUT2D eigenvalue weighted by molar-refractivity contribution is -0.159. The Bertz CT molecular complexity index is 1330. The zero-order chi connectivity index (χ0) is 30.2. The van der Waals surface area contributed by atoms with Crippen molar-refractivity contribution in [2.24, 2.45) is 5.73 Å². The van der Waals surface area contributed by atoms with Crippen molar-refractivity contribution in [1.29, 1.82) is 0 Å². The third kappa shape index (κ3) is 9.73. The molecule has 3 aromatic carbocycles. The highest BCUT2D eigenvalue weighted by molar-refractivity contribution is 5.98. The molecule has 0 saturated carbocycles. The van der Waals surface area contributed by atoms with Gasteiger partial charge in [0.1, 0.15) is 17.7 Å². The number of hydrogen-bond acceptors (Lipinski definition) is 6. The number of Topliss-reactive ketones (excluding diaryl/α,β-unsaturated/α-hetero) is 1. The van der Waals surface area contributed by atoms with E-state index in [1.165, 1.54) is 0 Å². The van der Waals surface area contributed by atoms with E-state index >= 15 is 0 Å². The highest BCUT2D eigenvalue weighted by atomic mass is 19.4. The van der Waals surface area contributed by atoms with Gasteiger partial charge in [-0.15, -0.1) is 0 Å². The largest absolute Gasteiger partial charge is 0.457 e. The lowest BCUT2D eigenvalue weighted by Gasteiger charge is -2.26. The van der Waals surface area contributed by atoms with Gasteiger partial charge >= 0.3 is 12.1 Å². The van der Waals surface area contributed by atoms with Gasteiger partial charge in [0.25, 0.3) is 0 Å². The Kier molecular flexibility index (Phi) is 11.1. The Hall–Kier alpha value is -3.67. The number of benzene rings is 3. The average Bonchev–Trinajstić information content (AvgIpc) is 2.91. The van der Waals surface area contributed by atoms with Gasteiger partial charge in [-0.2, -0.15) is 13.2 Å². The van der Waals surface area contributed by atoms with Crippen molar-refractivity contribution in [3.05, 3.63) is 106 Å². The summed E-state index contributed by atoms with van der Waals surface area (Å²) in [4.78, 5) is 25.2. The van der Waals surface area contributed by atoms with E-state index in [0.29, 0.717) is 18.7 Å². The molecule has 6 nitrogen and oxygen atoms in total. The van der Waals surface area contributed by atoms with Crippen LogP contribution < -0.4 is 11.1 Å². The van der Waals surface area contributed by atoms with Crippen LogP contribution in [0, 0.1) is 11.6 Å². The molecule has 0 heterocycles. The zero-order valence-corrected chi connectivity index (χ0v) is 22.3. The number of nitrogens with one attached hydrogen (secondary N) is 1. The molecule has 0 aliphatic heterocycles. The maximum Gasteiger partial charge on any atom is 0.416 e. The van der Waals surface area contributed by atoms with E-state index < -0.39 is 59.8 Å². The number of ether oxygens (including phenoxy) is 1. The van der Waals surface area contributed by atoms with E-state index in [9.17, 15) is 36.6 Å². The molecule has 0 radical (unpaired) electrons. The van der Waals surface area contributed by atoms with Crippen LogP contribution in [-0.2, 0) is 35.1 Å². The number of carbonyl (C=O) groups excluding carboxylic acids is 2. The van der Waals surface area contributed by atoms with Crippen LogP contribution in [-0.4, -0.2) is 41.7 Å². The van der Waals surface area contributed by atoms with Crippen molar-refractivity contribution >= 4 is 11.8 Å². The molecule has 1 unspecified atom stereocenters. The molecule has 0 spiro atoms. The van der Waals surface area contributed by atoms with Crippen molar-refractivity contribution < 1.29 is 41.4 Å². The number of ketones is 1. The smallest absolute Gasteiger partial charge is 0.416 e. The summed E-state index contributed by atoms with van der Waals surface area (Å²) < 4.78 is 71.8. The van der Waals surface area contributed by atoms with Crippen LogP contribution in [0.25, 0.3) is 0 Å². The molecule has 4 N–H and O–H groups in total. The van der Waals surface area contributed by atoms with Crippen molar-refractivity contribution in [3.8, 4) is 0 Å². The van der Waals surface area contributed by atoms with E-state index in [1.54, 1.807) is 0 Å².